The summed E-state index contributed by atoms with van der Waals surface area (Å²) >= 11 is 3.50. The first-order valence-electron chi connectivity index (χ1n) is 8.34. The maximum absolute atomic E-state index is 5.58. The van der Waals surface area contributed by atoms with Crippen LogP contribution in [0.25, 0.3) is 0 Å². The van der Waals surface area contributed by atoms with E-state index >= 15 is 0 Å². The first kappa shape index (κ1) is 20.3. The number of nitrogens with one attached hydrogen (secondary N) is 2. The lowest BCUT2D eigenvalue weighted by atomic mass is 10.2. The summed E-state index contributed by atoms with van der Waals surface area (Å²) < 4.78 is 6.72. The average Bonchev–Trinajstić information content (AvgIpc) is 3.03. The highest BCUT2D eigenvalue weighted by Gasteiger charge is 1.99. The third-order valence-electron chi connectivity index (χ3n) is 2.76. The number of nitrogens with zero attached hydrogens (tertiary/aromatic N) is 2. The second-order valence-electron chi connectivity index (χ2n) is 5.51. The van der Waals surface area contributed by atoms with Gasteiger partial charge in [-0.15, -0.1) is 11.3 Å². The Balaban J connectivity index is 2.09. The van der Waals surface area contributed by atoms with Crippen molar-refractivity contribution in [2.75, 3.05) is 38.6 Å². The van der Waals surface area contributed by atoms with E-state index < -0.39 is 0 Å². The molecule has 0 radical (unpaired) electrons. The number of rotatable bonds is 12. The van der Waals surface area contributed by atoms with Crippen molar-refractivity contribution in [1.82, 2.24) is 15.6 Å². The summed E-state index contributed by atoms with van der Waals surface area (Å²) in [7, 11) is 0. The van der Waals surface area contributed by atoms with Gasteiger partial charge in [0.2, 0.25) is 0 Å². The van der Waals surface area contributed by atoms with E-state index in [-0.39, 0.29) is 0 Å². The van der Waals surface area contributed by atoms with Crippen LogP contribution >= 0.6 is 23.1 Å². The largest absolute Gasteiger partial charge is 0.381 e. The van der Waals surface area contributed by atoms with Crippen LogP contribution in [0.3, 0.4) is 0 Å². The van der Waals surface area contributed by atoms with Gasteiger partial charge in [-0.2, -0.15) is 0 Å². The number of aromatic nitrogens is 1. The molecule has 0 unspecified atom stereocenters. The molecule has 0 aliphatic rings. The van der Waals surface area contributed by atoms with Gasteiger partial charge in [0.15, 0.2) is 5.96 Å². The van der Waals surface area contributed by atoms with E-state index in [1.165, 1.54) is 0 Å². The quantitative estimate of drug-likeness (QED) is 0.260. The molecule has 132 valence electrons. The van der Waals surface area contributed by atoms with Crippen molar-refractivity contribution in [3.8, 4) is 0 Å². The predicted molar refractivity (Wildman–Crippen MR) is 102 cm³/mol. The van der Waals surface area contributed by atoms with E-state index in [2.05, 4.69) is 41.4 Å². The Morgan fingerprint density at radius 1 is 1.39 bits per heavy atom. The number of thiazole rings is 1. The Hall–Kier alpha value is -0.790. The smallest absolute Gasteiger partial charge is 0.191 e. The fraction of sp³-hybridized carbons (Fsp3) is 0.750. The number of aliphatic imine (C=N–C) groups is 1. The molecule has 0 saturated heterocycles. The molecule has 0 spiro atoms. The Bertz CT molecular complexity index is 410. The van der Waals surface area contributed by atoms with Crippen LogP contribution in [0.15, 0.2) is 20.9 Å². The Morgan fingerprint density at radius 2 is 2.26 bits per heavy atom. The number of hydrogen-bond acceptors (Lipinski definition) is 5. The minimum absolute atomic E-state index is 0.601. The van der Waals surface area contributed by atoms with Crippen LogP contribution in [-0.4, -0.2) is 49.5 Å². The maximum atomic E-state index is 5.58. The van der Waals surface area contributed by atoms with E-state index in [0.29, 0.717) is 5.92 Å². The van der Waals surface area contributed by atoms with E-state index in [9.17, 15) is 0 Å². The van der Waals surface area contributed by atoms with Gasteiger partial charge >= 0.3 is 0 Å². The van der Waals surface area contributed by atoms with Crippen LogP contribution in [0.4, 0.5) is 0 Å². The summed E-state index contributed by atoms with van der Waals surface area (Å²) in [6.07, 6.45) is 3.90. The Morgan fingerprint density at radius 3 is 2.96 bits per heavy atom. The van der Waals surface area contributed by atoms with Gasteiger partial charge in [-0.1, -0.05) is 25.6 Å². The number of hydrogen-bond donors (Lipinski definition) is 2. The van der Waals surface area contributed by atoms with Crippen molar-refractivity contribution >= 4 is 29.1 Å². The van der Waals surface area contributed by atoms with Crippen LogP contribution in [0.2, 0.25) is 0 Å². The summed E-state index contributed by atoms with van der Waals surface area (Å²) in [4.78, 5) is 8.86. The van der Waals surface area contributed by atoms with E-state index in [0.717, 1.165) is 61.7 Å². The van der Waals surface area contributed by atoms with Crippen molar-refractivity contribution in [2.24, 2.45) is 10.9 Å². The van der Waals surface area contributed by atoms with Crippen LogP contribution < -0.4 is 10.6 Å². The molecule has 0 aromatic carbocycles. The molecule has 1 heterocycles. The SMILES string of the molecule is CCNC(=NCCCSc1nccs1)NCCCOCC(C)C. The lowest BCUT2D eigenvalue weighted by Crippen LogP contribution is -2.38. The highest BCUT2D eigenvalue weighted by molar-refractivity contribution is 8.00. The van der Waals surface area contributed by atoms with Gasteiger partial charge in [0.05, 0.1) is 0 Å². The Labute approximate surface area is 148 Å². The zero-order valence-corrected chi connectivity index (χ0v) is 16.1. The molecule has 1 rings (SSSR count). The molecule has 2 N–H and O–H groups in total. The van der Waals surface area contributed by atoms with Gasteiger partial charge in [-0.25, -0.2) is 4.98 Å². The molecule has 1 aromatic rings. The van der Waals surface area contributed by atoms with Gasteiger partial charge in [0.25, 0.3) is 0 Å². The molecule has 0 atom stereocenters. The van der Waals surface area contributed by atoms with Gasteiger partial charge in [0.1, 0.15) is 4.34 Å². The molecule has 7 heteroatoms. The van der Waals surface area contributed by atoms with Crippen molar-refractivity contribution in [3.05, 3.63) is 11.6 Å². The molecule has 0 fully saturated rings. The van der Waals surface area contributed by atoms with E-state index in [1.54, 1.807) is 23.1 Å². The summed E-state index contributed by atoms with van der Waals surface area (Å²) in [6.45, 7) is 10.7. The van der Waals surface area contributed by atoms with Gasteiger partial charge in [0, 0.05) is 50.2 Å². The highest BCUT2D eigenvalue weighted by atomic mass is 32.2. The first-order valence-corrected chi connectivity index (χ1v) is 10.2. The van der Waals surface area contributed by atoms with Crippen molar-refractivity contribution in [1.29, 1.82) is 0 Å². The second-order valence-corrected chi connectivity index (χ2v) is 7.75. The van der Waals surface area contributed by atoms with Gasteiger partial charge < -0.3 is 15.4 Å². The standard InChI is InChI=1S/C16H30N4OS2/c1-4-17-15(18-7-5-10-21-13-14(2)3)19-8-6-11-22-16-20-9-12-23-16/h9,12,14H,4-8,10-11,13H2,1-3H3,(H2,17,18,19). The molecule has 0 aliphatic carbocycles. The molecule has 0 saturated carbocycles. The summed E-state index contributed by atoms with van der Waals surface area (Å²) in [5.74, 6) is 2.55. The number of thioether (sulfide) groups is 1. The lowest BCUT2D eigenvalue weighted by molar-refractivity contribution is 0.108. The van der Waals surface area contributed by atoms with Crippen molar-refractivity contribution in [3.63, 3.8) is 0 Å². The molecule has 5 nitrogen and oxygen atoms in total. The first-order chi connectivity index (χ1) is 11.2. The monoisotopic (exact) mass is 358 g/mol. The van der Waals surface area contributed by atoms with Crippen LogP contribution in [0.5, 0.6) is 0 Å². The number of ether oxygens (including phenoxy) is 1. The third kappa shape index (κ3) is 11.4. The van der Waals surface area contributed by atoms with E-state index in [1.807, 2.05) is 11.6 Å². The summed E-state index contributed by atoms with van der Waals surface area (Å²) in [6, 6.07) is 0. The lowest BCUT2D eigenvalue weighted by Gasteiger charge is -2.11. The molecule has 0 amide bonds. The third-order valence-corrected chi connectivity index (χ3v) is 4.81. The Kier molecular flexibility index (Phi) is 12.0. The molecule has 1 aromatic heterocycles. The topological polar surface area (TPSA) is 58.5 Å². The maximum Gasteiger partial charge on any atom is 0.191 e. The molecule has 0 aliphatic heterocycles. The second kappa shape index (κ2) is 13.6. The van der Waals surface area contributed by atoms with E-state index in [4.69, 9.17) is 4.74 Å². The molecule has 0 bridgehead atoms. The van der Waals surface area contributed by atoms with Crippen molar-refractivity contribution in [2.45, 2.75) is 38.0 Å². The molecular formula is C16H30N4OS2. The zero-order chi connectivity index (χ0) is 16.8. The van der Waals surface area contributed by atoms with Gasteiger partial charge in [-0.05, 0) is 25.7 Å². The van der Waals surface area contributed by atoms with Crippen molar-refractivity contribution < 1.29 is 4.74 Å². The van der Waals surface area contributed by atoms with Crippen LogP contribution in [0.1, 0.15) is 33.6 Å². The van der Waals surface area contributed by atoms with Crippen LogP contribution in [0, 0.1) is 5.92 Å². The fourth-order valence-electron chi connectivity index (χ4n) is 1.74. The number of guanidine groups is 1. The minimum Gasteiger partial charge on any atom is -0.381 e. The highest BCUT2D eigenvalue weighted by Crippen LogP contribution is 2.20. The van der Waals surface area contributed by atoms with Gasteiger partial charge in [-0.3, -0.25) is 4.99 Å². The molecule has 23 heavy (non-hydrogen) atoms. The predicted octanol–water partition coefficient (Wildman–Crippen LogP) is 3.24. The summed E-state index contributed by atoms with van der Waals surface area (Å²) in [5, 5.41) is 8.64. The average molecular weight is 359 g/mol. The minimum atomic E-state index is 0.601. The molecular weight excluding hydrogens is 328 g/mol. The summed E-state index contributed by atoms with van der Waals surface area (Å²) in [5.41, 5.74) is 0. The normalized spacial score (nSPS) is 11.9. The zero-order valence-electron chi connectivity index (χ0n) is 14.5. The van der Waals surface area contributed by atoms with Crippen LogP contribution in [-0.2, 0) is 4.74 Å². The fourth-order valence-corrected chi connectivity index (χ4v) is 3.37.